The maximum absolute atomic E-state index is 14.0. The van der Waals surface area contributed by atoms with Crippen molar-refractivity contribution in [2.75, 3.05) is 6.54 Å². The second-order valence-corrected chi connectivity index (χ2v) is 11.5. The van der Waals surface area contributed by atoms with Crippen molar-refractivity contribution >= 4 is 34.5 Å². The van der Waals surface area contributed by atoms with E-state index in [-0.39, 0.29) is 25.2 Å². The van der Waals surface area contributed by atoms with Gasteiger partial charge in [0.2, 0.25) is 23.6 Å². The molecule has 10 heteroatoms. The lowest BCUT2D eigenvalue weighted by molar-refractivity contribution is -0.143. The predicted octanol–water partition coefficient (Wildman–Crippen LogP) is 2.79. The fourth-order valence-electron chi connectivity index (χ4n) is 6.20. The summed E-state index contributed by atoms with van der Waals surface area (Å²) in [5.74, 6) is -2.34. The number of benzene rings is 3. The highest BCUT2D eigenvalue weighted by Gasteiger charge is 2.40. The van der Waals surface area contributed by atoms with E-state index in [1.54, 1.807) is 12.3 Å². The molecule has 0 spiro atoms. The van der Waals surface area contributed by atoms with Crippen molar-refractivity contribution in [1.82, 2.24) is 25.8 Å². The van der Waals surface area contributed by atoms with Gasteiger partial charge in [-0.05, 0) is 47.7 Å². The minimum Gasteiger partial charge on any atom is -0.361 e. The molecule has 4 aromatic rings. The van der Waals surface area contributed by atoms with Crippen LogP contribution in [0.3, 0.4) is 0 Å². The minimum atomic E-state index is -1.10. The largest absolute Gasteiger partial charge is 0.361 e. The van der Waals surface area contributed by atoms with Gasteiger partial charge >= 0.3 is 0 Å². The highest BCUT2D eigenvalue weighted by molar-refractivity contribution is 5.98. The van der Waals surface area contributed by atoms with E-state index in [9.17, 15) is 23.6 Å². The first-order valence-electron chi connectivity index (χ1n) is 14.9. The van der Waals surface area contributed by atoms with Gasteiger partial charge < -0.3 is 25.8 Å². The molecule has 0 saturated carbocycles. The molecule has 0 aliphatic carbocycles. The van der Waals surface area contributed by atoms with Gasteiger partial charge in [-0.25, -0.2) is 4.39 Å². The lowest BCUT2D eigenvalue weighted by atomic mass is 9.99. The summed E-state index contributed by atoms with van der Waals surface area (Å²) in [5, 5.41) is 9.51. The summed E-state index contributed by atoms with van der Waals surface area (Å²) in [6.07, 6.45) is 3.22. The minimum absolute atomic E-state index is 0.00799. The second kappa shape index (κ2) is 12.7. The number of fused-ring (bicyclic) bond motifs is 2. The first-order valence-corrected chi connectivity index (χ1v) is 14.9. The number of nitrogens with zero attached hydrogens (tertiary/aromatic N) is 1. The van der Waals surface area contributed by atoms with Gasteiger partial charge in [-0.1, -0.05) is 60.7 Å². The zero-order valence-electron chi connectivity index (χ0n) is 24.1. The monoisotopic (exact) mass is 595 g/mol. The van der Waals surface area contributed by atoms with Crippen LogP contribution < -0.4 is 16.0 Å². The molecule has 2 aliphatic rings. The number of H-pyrrole nitrogens is 1. The van der Waals surface area contributed by atoms with E-state index in [2.05, 4.69) is 20.9 Å². The number of para-hydroxylation sites is 1. The molecule has 2 saturated heterocycles. The van der Waals surface area contributed by atoms with E-state index in [4.69, 9.17) is 0 Å². The van der Waals surface area contributed by atoms with Crippen molar-refractivity contribution in [2.24, 2.45) is 0 Å². The summed E-state index contributed by atoms with van der Waals surface area (Å²) in [7, 11) is 0. The molecule has 1 aromatic heterocycles. The van der Waals surface area contributed by atoms with Crippen molar-refractivity contribution in [1.29, 1.82) is 0 Å². The van der Waals surface area contributed by atoms with Gasteiger partial charge in [0.1, 0.15) is 30.0 Å². The lowest BCUT2D eigenvalue weighted by Gasteiger charge is -2.32. The smallest absolute Gasteiger partial charge is 0.246 e. The Balaban J connectivity index is 1.36. The van der Waals surface area contributed by atoms with Crippen LogP contribution in [-0.2, 0) is 38.4 Å². The Bertz CT molecular complexity index is 1690. The molecular weight excluding hydrogens is 561 g/mol. The molecule has 6 rings (SSSR count). The molecule has 4 N–H and O–H groups in total. The van der Waals surface area contributed by atoms with E-state index in [1.165, 1.54) is 23.1 Å². The first-order chi connectivity index (χ1) is 21.4. The number of hydrogen-bond acceptors (Lipinski definition) is 4. The summed E-state index contributed by atoms with van der Waals surface area (Å²) in [6.45, 7) is 0.359. The second-order valence-electron chi connectivity index (χ2n) is 11.5. The summed E-state index contributed by atoms with van der Waals surface area (Å²) in [6, 6.07) is 18.9. The number of carbonyl (C=O) groups is 4. The Morgan fingerprint density at radius 1 is 0.705 bits per heavy atom. The lowest BCUT2D eigenvalue weighted by Crippen LogP contribution is -2.62. The van der Waals surface area contributed by atoms with Crippen LogP contribution in [0.2, 0.25) is 0 Å². The Kier molecular flexibility index (Phi) is 8.40. The Labute approximate surface area is 254 Å². The van der Waals surface area contributed by atoms with Crippen LogP contribution in [0.1, 0.15) is 29.5 Å². The average Bonchev–Trinajstić information content (AvgIpc) is 3.68. The number of aromatic nitrogens is 1. The van der Waals surface area contributed by atoms with Crippen molar-refractivity contribution in [3.8, 4) is 0 Å². The third-order valence-electron chi connectivity index (χ3n) is 8.43. The van der Waals surface area contributed by atoms with E-state index < -0.39 is 47.7 Å². The van der Waals surface area contributed by atoms with Gasteiger partial charge in [-0.2, -0.15) is 0 Å². The van der Waals surface area contributed by atoms with E-state index in [0.29, 0.717) is 24.9 Å². The van der Waals surface area contributed by atoms with Gasteiger partial charge in [0.05, 0.1) is 0 Å². The Morgan fingerprint density at radius 3 is 2.16 bits per heavy atom. The summed E-state index contributed by atoms with van der Waals surface area (Å²) >= 11 is 0. The predicted molar refractivity (Wildman–Crippen MR) is 163 cm³/mol. The maximum Gasteiger partial charge on any atom is 0.246 e. The zero-order valence-corrected chi connectivity index (χ0v) is 24.1. The number of halogens is 1. The molecule has 9 nitrogen and oxygen atoms in total. The third kappa shape index (κ3) is 6.34. The molecule has 2 fully saturated rings. The molecule has 4 amide bonds. The first kappa shape index (κ1) is 29.1. The van der Waals surface area contributed by atoms with Crippen molar-refractivity contribution < 1.29 is 23.6 Å². The number of rotatable bonds is 6. The average molecular weight is 596 g/mol. The number of nitrogens with one attached hydrogen (secondary N) is 4. The van der Waals surface area contributed by atoms with Crippen LogP contribution in [0.25, 0.3) is 10.9 Å². The molecule has 3 heterocycles. The van der Waals surface area contributed by atoms with Crippen molar-refractivity contribution in [2.45, 2.75) is 56.3 Å². The van der Waals surface area contributed by atoms with Gasteiger partial charge in [0.15, 0.2) is 0 Å². The Morgan fingerprint density at radius 2 is 1.36 bits per heavy atom. The molecule has 0 radical (unpaired) electrons. The maximum atomic E-state index is 14.0. The molecule has 0 unspecified atom stereocenters. The van der Waals surface area contributed by atoms with Crippen LogP contribution in [0, 0.1) is 5.82 Å². The van der Waals surface area contributed by atoms with Gasteiger partial charge in [0.25, 0.3) is 0 Å². The molecule has 2 aliphatic heterocycles. The zero-order chi connectivity index (χ0) is 30.6. The van der Waals surface area contributed by atoms with Crippen LogP contribution in [0.15, 0.2) is 85.1 Å². The number of amides is 4. The topological polar surface area (TPSA) is 123 Å². The number of aromatic amines is 1. The van der Waals surface area contributed by atoms with Crippen LogP contribution in [-0.4, -0.2) is 64.2 Å². The Hall–Kier alpha value is -4.99. The summed E-state index contributed by atoms with van der Waals surface area (Å²) in [4.78, 5) is 60.2. The molecule has 226 valence electrons. The SMILES string of the molecule is O=C1N[C@H](Cc2c[nH]c3ccccc23)C(=O)N[C@@H](Cc2ccccc2)C(=O)N2CCC[C@@H]2C(=O)N[C@H]1Cc1cccc(F)c1. The fourth-order valence-corrected chi connectivity index (χ4v) is 6.20. The van der Waals surface area contributed by atoms with Crippen molar-refractivity contribution in [3.05, 3.63) is 108 Å². The van der Waals surface area contributed by atoms with Gasteiger partial charge in [0, 0.05) is 42.9 Å². The highest BCUT2D eigenvalue weighted by Crippen LogP contribution is 2.22. The number of carbonyl (C=O) groups excluding carboxylic acids is 4. The fraction of sp³-hybridized carbons (Fsp3) is 0.294. The molecule has 4 atom stereocenters. The van der Waals surface area contributed by atoms with Gasteiger partial charge in [-0.15, -0.1) is 0 Å². The van der Waals surface area contributed by atoms with Crippen LogP contribution >= 0.6 is 0 Å². The molecule has 0 bridgehead atoms. The van der Waals surface area contributed by atoms with E-state index >= 15 is 0 Å². The summed E-state index contributed by atoms with van der Waals surface area (Å²) in [5.41, 5.74) is 3.06. The standard InChI is InChI=1S/C34H34FN5O4/c35-24-11-6-10-22(16-24)18-27-31(41)37-28(19-23-20-36-26-13-5-4-12-25(23)26)32(42)39-29(17-21-8-2-1-3-9-21)34(44)40-15-7-14-30(40)33(43)38-27/h1-6,8-13,16,20,27-30,36H,7,14-15,17-19H2,(H,37,41)(H,38,43)(H,39,42)/t27-,28+,29-,30+/m0/s1. The van der Waals surface area contributed by atoms with Gasteiger partial charge in [-0.3, -0.25) is 19.2 Å². The number of hydrogen-bond donors (Lipinski definition) is 4. The van der Waals surface area contributed by atoms with E-state index in [0.717, 1.165) is 22.0 Å². The highest BCUT2D eigenvalue weighted by atomic mass is 19.1. The molecular formula is C34H34FN5O4. The van der Waals surface area contributed by atoms with Crippen molar-refractivity contribution in [3.63, 3.8) is 0 Å². The van der Waals surface area contributed by atoms with Crippen LogP contribution in [0.4, 0.5) is 4.39 Å². The van der Waals surface area contributed by atoms with E-state index in [1.807, 2.05) is 54.6 Å². The summed E-state index contributed by atoms with van der Waals surface area (Å²) < 4.78 is 14.0. The third-order valence-corrected chi connectivity index (χ3v) is 8.43. The normalized spacial score (nSPS) is 22.9. The van der Waals surface area contributed by atoms with Crippen LogP contribution in [0.5, 0.6) is 0 Å². The molecule has 3 aromatic carbocycles. The molecule has 44 heavy (non-hydrogen) atoms. The quantitative estimate of drug-likeness (QED) is 0.274.